The molecule has 3 aliphatic rings. The van der Waals surface area contributed by atoms with Crippen LogP contribution in [0.2, 0.25) is 0 Å². The predicted octanol–water partition coefficient (Wildman–Crippen LogP) is 1.47. The van der Waals surface area contributed by atoms with Gasteiger partial charge < -0.3 is 14.0 Å². The minimum Gasteiger partial charge on any atom is -0.361 e. The third kappa shape index (κ3) is 0.874. The Morgan fingerprint density at radius 2 is 2.13 bits per heavy atom. The molecule has 2 heterocycles. The molecule has 0 radical (unpaired) electrons. The number of hydrogen-bond acceptors (Lipinski definition) is 4. The van der Waals surface area contributed by atoms with Gasteiger partial charge in [0, 0.05) is 23.8 Å². The molecule has 4 rings (SSSR count). The van der Waals surface area contributed by atoms with Gasteiger partial charge in [-0.1, -0.05) is 5.16 Å². The van der Waals surface area contributed by atoms with E-state index in [0.717, 1.165) is 31.8 Å². The first-order chi connectivity index (χ1) is 7.40. The zero-order valence-electron chi connectivity index (χ0n) is 8.44. The van der Waals surface area contributed by atoms with E-state index in [4.69, 9.17) is 14.0 Å². The summed E-state index contributed by atoms with van der Waals surface area (Å²) in [6.07, 6.45) is 5.08. The van der Waals surface area contributed by atoms with E-state index in [-0.39, 0.29) is 5.79 Å². The van der Waals surface area contributed by atoms with Crippen LogP contribution in [0.15, 0.2) is 10.7 Å². The highest BCUT2D eigenvalue weighted by molar-refractivity contribution is 5.30. The molecule has 4 nitrogen and oxygen atoms in total. The van der Waals surface area contributed by atoms with Crippen molar-refractivity contribution in [1.82, 2.24) is 5.16 Å². The van der Waals surface area contributed by atoms with Crippen molar-refractivity contribution in [3.05, 3.63) is 17.5 Å². The molecule has 1 aromatic heterocycles. The number of ether oxygens (including phenoxy) is 2. The van der Waals surface area contributed by atoms with Gasteiger partial charge in [-0.3, -0.25) is 0 Å². The summed E-state index contributed by atoms with van der Waals surface area (Å²) >= 11 is 0. The van der Waals surface area contributed by atoms with E-state index in [1.165, 1.54) is 12.0 Å². The molecule has 1 spiro atoms. The zero-order chi connectivity index (χ0) is 9.88. The monoisotopic (exact) mass is 207 g/mol. The van der Waals surface area contributed by atoms with Crippen molar-refractivity contribution in [2.45, 2.75) is 31.0 Å². The van der Waals surface area contributed by atoms with Gasteiger partial charge in [0.1, 0.15) is 5.76 Å². The van der Waals surface area contributed by atoms with Crippen molar-refractivity contribution in [2.75, 3.05) is 13.2 Å². The lowest BCUT2D eigenvalue weighted by Gasteiger charge is -2.37. The summed E-state index contributed by atoms with van der Waals surface area (Å²) in [4.78, 5) is 0. The lowest BCUT2D eigenvalue weighted by molar-refractivity contribution is -0.197. The standard InChI is InChI=1S/C11H13NO3/c1-2-9-8-6-12-15-10(8)5-7(1)11(9)13-3-4-14-11/h6-7,9H,1-5H2/t7-,9+/m0/s1. The molecule has 1 aliphatic heterocycles. The molecule has 2 aliphatic carbocycles. The molecule has 0 amide bonds. The van der Waals surface area contributed by atoms with Crippen LogP contribution in [0.5, 0.6) is 0 Å². The summed E-state index contributed by atoms with van der Waals surface area (Å²) in [5.74, 6) is 1.52. The Kier molecular flexibility index (Phi) is 1.45. The molecule has 80 valence electrons. The molecular formula is C11H13NO3. The third-order valence-electron chi connectivity index (χ3n) is 4.08. The fourth-order valence-electron chi connectivity index (χ4n) is 3.49. The van der Waals surface area contributed by atoms with Crippen LogP contribution < -0.4 is 0 Å². The average molecular weight is 207 g/mol. The molecule has 0 N–H and O–H groups in total. The van der Waals surface area contributed by atoms with E-state index in [1.54, 1.807) is 0 Å². The normalized spacial score (nSPS) is 36.0. The summed E-state index contributed by atoms with van der Waals surface area (Å²) in [5, 5.41) is 3.89. The van der Waals surface area contributed by atoms with Crippen LogP contribution in [0.1, 0.15) is 30.1 Å². The van der Waals surface area contributed by atoms with Crippen LogP contribution in [-0.2, 0) is 15.9 Å². The molecule has 15 heavy (non-hydrogen) atoms. The average Bonchev–Trinajstić information content (AvgIpc) is 2.93. The fraction of sp³-hybridized carbons (Fsp3) is 0.727. The maximum atomic E-state index is 5.90. The first kappa shape index (κ1) is 8.30. The van der Waals surface area contributed by atoms with Gasteiger partial charge in [-0.05, 0) is 12.8 Å². The third-order valence-corrected chi connectivity index (χ3v) is 4.08. The first-order valence-electron chi connectivity index (χ1n) is 5.61. The van der Waals surface area contributed by atoms with E-state index in [1.807, 2.05) is 6.20 Å². The Morgan fingerprint density at radius 3 is 3.00 bits per heavy atom. The van der Waals surface area contributed by atoms with Crippen LogP contribution in [0.25, 0.3) is 0 Å². The van der Waals surface area contributed by atoms with E-state index < -0.39 is 0 Å². The van der Waals surface area contributed by atoms with Crippen LogP contribution in [0, 0.1) is 5.92 Å². The maximum absolute atomic E-state index is 5.90. The summed E-state index contributed by atoms with van der Waals surface area (Å²) in [6.45, 7) is 1.46. The molecule has 2 bridgehead atoms. The number of hydrogen-bond donors (Lipinski definition) is 0. The van der Waals surface area contributed by atoms with Crippen molar-refractivity contribution >= 4 is 0 Å². The van der Waals surface area contributed by atoms with Gasteiger partial charge in [0.2, 0.25) is 0 Å². The maximum Gasteiger partial charge on any atom is 0.178 e. The largest absolute Gasteiger partial charge is 0.361 e. The molecule has 0 unspecified atom stereocenters. The topological polar surface area (TPSA) is 44.5 Å². The number of rotatable bonds is 0. The molecule has 1 saturated heterocycles. The van der Waals surface area contributed by atoms with E-state index >= 15 is 0 Å². The summed E-state index contributed by atoms with van der Waals surface area (Å²) in [7, 11) is 0. The number of nitrogens with zero attached hydrogens (tertiary/aromatic N) is 1. The lowest BCUT2D eigenvalue weighted by atomic mass is 9.82. The predicted molar refractivity (Wildman–Crippen MR) is 50.3 cm³/mol. The smallest absolute Gasteiger partial charge is 0.178 e. The molecule has 1 aromatic rings. The number of fused-ring (bicyclic) bond motifs is 2. The van der Waals surface area contributed by atoms with Gasteiger partial charge in [-0.2, -0.15) is 0 Å². The Bertz CT molecular complexity index is 394. The second-order valence-corrected chi connectivity index (χ2v) is 4.65. The summed E-state index contributed by atoms with van der Waals surface area (Å²) < 4.78 is 17.1. The van der Waals surface area contributed by atoms with Crippen LogP contribution >= 0.6 is 0 Å². The molecule has 2 fully saturated rings. The van der Waals surface area contributed by atoms with Gasteiger partial charge >= 0.3 is 0 Å². The van der Waals surface area contributed by atoms with Gasteiger partial charge in [0.05, 0.1) is 19.4 Å². The minimum atomic E-state index is -0.335. The van der Waals surface area contributed by atoms with Crippen LogP contribution in [0.3, 0.4) is 0 Å². The van der Waals surface area contributed by atoms with E-state index in [2.05, 4.69) is 5.16 Å². The van der Waals surface area contributed by atoms with Crippen LogP contribution in [0.4, 0.5) is 0 Å². The molecular weight excluding hydrogens is 194 g/mol. The van der Waals surface area contributed by atoms with Gasteiger partial charge in [-0.15, -0.1) is 0 Å². The first-order valence-corrected chi connectivity index (χ1v) is 5.61. The van der Waals surface area contributed by atoms with Crippen molar-refractivity contribution in [1.29, 1.82) is 0 Å². The lowest BCUT2D eigenvalue weighted by Crippen LogP contribution is -2.43. The Morgan fingerprint density at radius 1 is 1.27 bits per heavy atom. The van der Waals surface area contributed by atoms with Crippen molar-refractivity contribution in [3.63, 3.8) is 0 Å². The van der Waals surface area contributed by atoms with Crippen molar-refractivity contribution < 1.29 is 14.0 Å². The van der Waals surface area contributed by atoms with Crippen molar-refractivity contribution in [3.8, 4) is 0 Å². The molecule has 2 atom stereocenters. The van der Waals surface area contributed by atoms with Crippen LogP contribution in [-0.4, -0.2) is 24.2 Å². The van der Waals surface area contributed by atoms with Gasteiger partial charge in [0.15, 0.2) is 5.79 Å². The highest BCUT2D eigenvalue weighted by Crippen LogP contribution is 2.56. The Labute approximate surface area is 87.5 Å². The Hall–Kier alpha value is -0.870. The van der Waals surface area contributed by atoms with Crippen molar-refractivity contribution in [2.24, 2.45) is 5.92 Å². The Balaban J connectivity index is 1.86. The zero-order valence-corrected chi connectivity index (χ0v) is 8.44. The molecule has 1 saturated carbocycles. The van der Waals surface area contributed by atoms with Gasteiger partial charge in [-0.25, -0.2) is 0 Å². The fourth-order valence-corrected chi connectivity index (χ4v) is 3.49. The second-order valence-electron chi connectivity index (χ2n) is 4.65. The summed E-state index contributed by atoms with van der Waals surface area (Å²) in [6, 6.07) is 0. The SMILES string of the molecule is c1noc2c1[C@H]1CC[C@@H](C2)C12OCCO2. The molecule has 4 heteroatoms. The van der Waals surface area contributed by atoms with E-state index in [0.29, 0.717) is 11.8 Å². The minimum absolute atomic E-state index is 0.335. The second kappa shape index (κ2) is 2.62. The summed E-state index contributed by atoms with van der Waals surface area (Å²) in [5.41, 5.74) is 1.21. The highest BCUT2D eigenvalue weighted by atomic mass is 16.7. The molecule has 0 aromatic carbocycles. The number of aromatic nitrogens is 1. The quantitative estimate of drug-likeness (QED) is 0.646. The highest BCUT2D eigenvalue weighted by Gasteiger charge is 2.59. The van der Waals surface area contributed by atoms with E-state index in [9.17, 15) is 0 Å². The van der Waals surface area contributed by atoms with Gasteiger partial charge in [0.25, 0.3) is 0 Å².